The molecule has 0 spiro atoms. The quantitative estimate of drug-likeness (QED) is 0.165. The van der Waals surface area contributed by atoms with Gasteiger partial charge in [0.25, 0.3) is 0 Å². The molecule has 13 heteroatoms. The van der Waals surface area contributed by atoms with E-state index in [1.54, 1.807) is 6.08 Å². The number of carbonyl (C=O) groups is 3. The van der Waals surface area contributed by atoms with Crippen LogP contribution in [0.1, 0.15) is 59.8 Å². The van der Waals surface area contributed by atoms with Crippen LogP contribution in [0.4, 0.5) is 5.95 Å². The first-order valence-corrected chi connectivity index (χ1v) is 17.4. The highest BCUT2D eigenvalue weighted by Crippen LogP contribution is 2.68. The molecule has 1 amide bonds. The number of nitrogens with zero attached hydrogens (tertiary/aromatic N) is 4. The fourth-order valence-electron chi connectivity index (χ4n) is 8.91. The zero-order chi connectivity index (χ0) is 32.9. The lowest BCUT2D eigenvalue weighted by Gasteiger charge is -2.61. The van der Waals surface area contributed by atoms with Crippen molar-refractivity contribution in [2.24, 2.45) is 34.0 Å². The molecular weight excluding hydrogens is 608 g/mol. The van der Waals surface area contributed by atoms with Gasteiger partial charge in [0.2, 0.25) is 11.9 Å². The summed E-state index contributed by atoms with van der Waals surface area (Å²) in [4.78, 5) is 58.3. The average Bonchev–Trinajstić information content (AvgIpc) is 3.66. The Balaban J connectivity index is 1.22. The van der Waals surface area contributed by atoms with Crippen LogP contribution in [0.15, 0.2) is 24.0 Å². The number of esters is 1. The highest BCUT2D eigenvalue weighted by Gasteiger charge is 2.68. The number of carbonyl (C=O) groups excluding carboxylic acids is 3. The van der Waals surface area contributed by atoms with Gasteiger partial charge in [-0.3, -0.25) is 24.6 Å². The van der Waals surface area contributed by atoms with E-state index in [1.165, 1.54) is 18.1 Å². The summed E-state index contributed by atoms with van der Waals surface area (Å²) >= 11 is 1.17. The number of aliphatic hydroxyl groups is 1. The Morgan fingerprint density at radius 1 is 1.26 bits per heavy atom. The van der Waals surface area contributed by atoms with Gasteiger partial charge in [-0.25, -0.2) is 9.97 Å². The lowest BCUT2D eigenvalue weighted by molar-refractivity contribution is -0.205. The van der Waals surface area contributed by atoms with Crippen molar-refractivity contribution in [3.63, 3.8) is 0 Å². The number of ether oxygens (including phenoxy) is 2. The predicted molar refractivity (Wildman–Crippen MR) is 173 cm³/mol. The van der Waals surface area contributed by atoms with E-state index in [9.17, 15) is 19.5 Å². The van der Waals surface area contributed by atoms with Crippen LogP contribution in [-0.4, -0.2) is 98.4 Å². The number of amides is 1. The SMILES string of the molecule is C=C[C@]1(C)C[C@@H](OC(=O)CSc2nc(NC(=O)CN3CCOCC3)nc3nc[nH]c23)[C@@]2(C)C3C(=O)CC[C@@]3(CC[C@H]2C)[C@@H](C)[C@@H]1O. The third-order valence-corrected chi connectivity index (χ3v) is 12.8. The predicted octanol–water partition coefficient (Wildman–Crippen LogP) is 3.62. The standard InChI is InChI=1S/C33H46N6O6S/c1-6-31(4)15-22(32(5)19(2)7-9-33(20(3)27(31)43)10-8-21(40)26(32)33)45-24(42)17-46-29-25-28(35-18-34-25)37-30(38-29)36-23(41)16-39-11-13-44-14-12-39/h6,18-20,22,26-27,43H,1,7-17H2,2-5H3,(H2,34,35,36,37,38,41)/t19-,20+,22-,26?,27+,31-,32+,33+/m1/s1. The number of rotatable bonds is 8. The van der Waals surface area contributed by atoms with Crippen LogP contribution in [-0.2, 0) is 23.9 Å². The Kier molecular flexibility index (Phi) is 9.07. The molecule has 3 aliphatic carbocycles. The van der Waals surface area contributed by atoms with Crippen LogP contribution in [0.25, 0.3) is 11.2 Å². The first-order valence-electron chi connectivity index (χ1n) is 16.4. The van der Waals surface area contributed by atoms with Crippen LogP contribution in [0, 0.1) is 34.0 Å². The van der Waals surface area contributed by atoms with Gasteiger partial charge in [-0.2, -0.15) is 4.98 Å². The first kappa shape index (κ1) is 33.0. The van der Waals surface area contributed by atoms with Crippen LogP contribution in [0.3, 0.4) is 0 Å². The summed E-state index contributed by atoms with van der Waals surface area (Å²) in [6.45, 7) is 15.2. The molecule has 0 radical (unpaired) electrons. The number of hydrogen-bond acceptors (Lipinski definition) is 11. The van der Waals surface area contributed by atoms with Crippen molar-refractivity contribution < 1.29 is 29.0 Å². The number of imidazole rings is 1. The molecule has 3 N–H and O–H groups in total. The Hall–Kier alpha value is -2.87. The van der Waals surface area contributed by atoms with E-state index in [-0.39, 0.29) is 53.1 Å². The number of hydrogen-bond donors (Lipinski definition) is 3. The van der Waals surface area contributed by atoms with E-state index in [1.807, 2.05) is 11.8 Å². The van der Waals surface area contributed by atoms with E-state index in [2.05, 4.69) is 52.6 Å². The van der Waals surface area contributed by atoms with E-state index >= 15 is 0 Å². The smallest absolute Gasteiger partial charge is 0.316 e. The molecule has 3 heterocycles. The van der Waals surface area contributed by atoms with Crippen molar-refractivity contribution >= 4 is 46.5 Å². The number of nitrogens with one attached hydrogen (secondary N) is 2. The molecule has 3 saturated carbocycles. The number of aromatic nitrogens is 4. The fraction of sp³-hybridized carbons (Fsp3) is 0.697. The minimum Gasteiger partial charge on any atom is -0.461 e. The maximum absolute atomic E-state index is 13.7. The van der Waals surface area contributed by atoms with E-state index < -0.39 is 29.0 Å². The van der Waals surface area contributed by atoms with E-state index in [0.29, 0.717) is 55.3 Å². The van der Waals surface area contributed by atoms with Gasteiger partial charge in [-0.15, -0.1) is 6.58 Å². The number of thioether (sulfide) groups is 1. The summed E-state index contributed by atoms with van der Waals surface area (Å²) in [5.41, 5.74) is -0.702. The summed E-state index contributed by atoms with van der Waals surface area (Å²) in [5, 5.41) is 15.0. The molecule has 6 rings (SSSR count). The molecule has 2 aromatic heterocycles. The molecule has 1 unspecified atom stereocenters. The van der Waals surface area contributed by atoms with Crippen molar-refractivity contribution in [3.8, 4) is 0 Å². The van der Waals surface area contributed by atoms with Gasteiger partial charge in [0.05, 0.1) is 37.9 Å². The molecular formula is C33H46N6O6S. The van der Waals surface area contributed by atoms with Gasteiger partial charge in [-0.1, -0.05) is 45.5 Å². The van der Waals surface area contributed by atoms with Gasteiger partial charge in [-0.05, 0) is 42.9 Å². The van der Waals surface area contributed by atoms with Gasteiger partial charge < -0.3 is 19.6 Å². The van der Waals surface area contributed by atoms with Crippen molar-refractivity contribution in [2.45, 2.75) is 77.0 Å². The molecule has 1 saturated heterocycles. The van der Waals surface area contributed by atoms with Gasteiger partial charge >= 0.3 is 5.97 Å². The molecule has 12 nitrogen and oxygen atoms in total. The minimum atomic E-state index is -0.724. The topological polar surface area (TPSA) is 160 Å². The Bertz CT molecular complexity index is 1510. The molecule has 250 valence electrons. The first-order chi connectivity index (χ1) is 21.9. The summed E-state index contributed by atoms with van der Waals surface area (Å²) in [6.07, 6.45) is 5.37. The minimum absolute atomic E-state index is 0.0548. The summed E-state index contributed by atoms with van der Waals surface area (Å²) in [6, 6.07) is 0. The number of H-pyrrole nitrogens is 1. The van der Waals surface area contributed by atoms with Crippen LogP contribution in [0.2, 0.25) is 0 Å². The number of Topliss-reactive ketones (excluding diaryl/α,β-unsaturated/α-hetero) is 1. The van der Waals surface area contributed by atoms with Crippen LogP contribution in [0.5, 0.6) is 0 Å². The largest absolute Gasteiger partial charge is 0.461 e. The maximum atomic E-state index is 13.7. The van der Waals surface area contributed by atoms with Crippen molar-refractivity contribution in [1.29, 1.82) is 0 Å². The normalized spacial score (nSPS) is 36.5. The highest BCUT2D eigenvalue weighted by atomic mass is 32.2. The van der Waals surface area contributed by atoms with E-state index in [0.717, 1.165) is 19.3 Å². The van der Waals surface area contributed by atoms with Crippen molar-refractivity contribution in [3.05, 3.63) is 19.0 Å². The number of anilines is 1. The number of ketones is 1. The monoisotopic (exact) mass is 654 g/mol. The maximum Gasteiger partial charge on any atom is 0.316 e. The second-order valence-corrected chi connectivity index (χ2v) is 15.2. The average molecular weight is 655 g/mol. The number of aromatic amines is 1. The van der Waals surface area contributed by atoms with Crippen molar-refractivity contribution in [2.75, 3.05) is 43.9 Å². The molecule has 4 fully saturated rings. The molecule has 1 aliphatic heterocycles. The third-order valence-electron chi connectivity index (χ3n) is 11.9. The number of morpholine rings is 1. The summed E-state index contributed by atoms with van der Waals surface area (Å²) in [5.74, 6) is -0.651. The van der Waals surface area contributed by atoms with Crippen LogP contribution >= 0.6 is 11.8 Å². The van der Waals surface area contributed by atoms with Crippen molar-refractivity contribution in [1.82, 2.24) is 24.8 Å². The molecule has 4 aliphatic rings. The Labute approximate surface area is 273 Å². The number of fused-ring (bicyclic) bond motifs is 1. The van der Waals surface area contributed by atoms with Crippen LogP contribution < -0.4 is 5.32 Å². The Morgan fingerprint density at radius 2 is 2.02 bits per heavy atom. The molecule has 2 bridgehead atoms. The number of aliphatic hydroxyl groups excluding tert-OH is 1. The van der Waals surface area contributed by atoms with Gasteiger partial charge in [0.15, 0.2) is 5.65 Å². The highest BCUT2D eigenvalue weighted by molar-refractivity contribution is 8.00. The molecule has 2 aromatic rings. The summed E-state index contributed by atoms with van der Waals surface area (Å²) in [7, 11) is 0. The fourth-order valence-corrected chi connectivity index (χ4v) is 9.68. The zero-order valence-electron chi connectivity index (χ0n) is 27.2. The second-order valence-electron chi connectivity index (χ2n) is 14.2. The molecule has 8 atom stereocenters. The Morgan fingerprint density at radius 3 is 2.76 bits per heavy atom. The van der Waals surface area contributed by atoms with Gasteiger partial charge in [0.1, 0.15) is 22.4 Å². The van der Waals surface area contributed by atoms with Gasteiger partial charge in [0, 0.05) is 36.3 Å². The lowest BCUT2D eigenvalue weighted by atomic mass is 9.44. The lowest BCUT2D eigenvalue weighted by Crippen LogP contribution is -2.63. The molecule has 46 heavy (non-hydrogen) atoms. The van der Waals surface area contributed by atoms with E-state index in [4.69, 9.17) is 9.47 Å². The second kappa shape index (κ2) is 12.6. The zero-order valence-corrected chi connectivity index (χ0v) is 28.0. The molecule has 0 aromatic carbocycles. The summed E-state index contributed by atoms with van der Waals surface area (Å²) < 4.78 is 11.7. The third kappa shape index (κ3) is 5.67.